The van der Waals surface area contributed by atoms with Crippen LogP contribution in [0, 0.1) is 14.3 Å². The fourth-order valence-corrected chi connectivity index (χ4v) is 0. The fraction of sp³-hybridized carbons (Fsp3) is 0. The third-order valence-electron chi connectivity index (χ3n) is 0. The van der Waals surface area contributed by atoms with Crippen LogP contribution in [0.2, 0.25) is 0 Å². The largest absolute Gasteiger partial charge is 0.870 e. The van der Waals surface area contributed by atoms with Crippen molar-refractivity contribution < 1.29 is 36.2 Å². The first kappa shape index (κ1) is 1770. The molecule has 4 nitrogen and oxygen atoms in total. The first-order chi connectivity index (χ1) is 0. The van der Waals surface area contributed by atoms with E-state index < -0.39 is 0 Å². The predicted octanol–water partition coefficient (Wildman–Crippen LogP) is -0.707. The van der Waals surface area contributed by atoms with Crippen LogP contribution >= 0.6 is 0 Å². The van der Waals surface area contributed by atoms with E-state index >= 15 is 0 Å². The van der Waals surface area contributed by atoms with E-state index in [1.54, 1.807) is 0 Å². The molecule has 0 aliphatic carbocycles. The molecular weight excluding hydrogens is 307 g/mol. The second kappa shape index (κ2) is 837. The molecule has 5 heteroatoms. The van der Waals surface area contributed by atoms with E-state index in [9.17, 15) is 0 Å². The van der Waals surface area contributed by atoms with E-state index in [-0.39, 0.29) is 36.2 Å². The summed E-state index contributed by atoms with van der Waals surface area (Å²) in [6, 6.07) is 0. The molecule has 0 fully saturated rings. The molecule has 0 heterocycles. The van der Waals surface area contributed by atoms with Gasteiger partial charge in [0.25, 0.3) is 0 Å². The van der Waals surface area contributed by atoms with Gasteiger partial charge in [0.05, 0.1) is 0 Å². The Hall–Kier alpha value is 0.230. The van der Waals surface area contributed by atoms with Crippen molar-refractivity contribution in [2.24, 2.45) is 0 Å². The summed E-state index contributed by atoms with van der Waals surface area (Å²) < 4.78 is 0. The number of hydrogen-bond acceptors (Lipinski definition) is 4. The topological polar surface area (TPSA) is 120 Å². The summed E-state index contributed by atoms with van der Waals surface area (Å²) in [5, 5.41) is 0. The zero-order valence-electron chi connectivity index (χ0n) is 2.17. The maximum absolute atomic E-state index is 0. The summed E-state index contributed by atoms with van der Waals surface area (Å²) in [4.78, 5) is 0. The van der Waals surface area contributed by atoms with Crippen LogP contribution in [-0.2, 0) is 0 Å². The van der Waals surface area contributed by atoms with E-state index in [0.717, 1.165) is 0 Å². The predicted molar refractivity (Wildman–Crippen MR) is 7.74 cm³/mol. The standard InChI is InChI=1S/Am.4H2O/h;4*1H2/p-4. The molecule has 0 amide bonds. The summed E-state index contributed by atoms with van der Waals surface area (Å²) in [6.45, 7) is 0. The molecule has 0 aliphatic heterocycles. The molecule has 0 atom stereocenters. The molecule has 0 unspecified atom stereocenters. The maximum Gasteiger partial charge on any atom is 0 e. The molecule has 0 saturated carbocycles. The fourth-order valence-electron chi connectivity index (χ4n) is 0. The molecule has 0 aromatic carbocycles. The van der Waals surface area contributed by atoms with Gasteiger partial charge in [-0.2, -0.15) is 0 Å². The van der Waals surface area contributed by atoms with Crippen LogP contribution in [0.1, 0.15) is 0 Å². The van der Waals surface area contributed by atoms with Crippen LogP contribution in [0.3, 0.4) is 0 Å². The van der Waals surface area contributed by atoms with Gasteiger partial charge in [0.15, 0.2) is 0 Å². The molecule has 0 aromatic heterocycles. The summed E-state index contributed by atoms with van der Waals surface area (Å²) in [6.07, 6.45) is 0. The van der Waals surface area contributed by atoms with Crippen molar-refractivity contribution >= 4 is 0 Å². The molecule has 0 rings (SSSR count). The smallest absolute Gasteiger partial charge is 0 e. The van der Waals surface area contributed by atoms with Crippen molar-refractivity contribution in [2.45, 2.75) is 0 Å². The summed E-state index contributed by atoms with van der Waals surface area (Å²) >= 11 is 0. The zero-order valence-corrected chi connectivity index (χ0v) is 5.31. The van der Waals surface area contributed by atoms with Crippen LogP contribution in [0.4, 0.5) is 0 Å². The summed E-state index contributed by atoms with van der Waals surface area (Å²) in [7, 11) is 0. The monoisotopic (exact) mass is 309 g/mol. The first-order valence-corrected chi connectivity index (χ1v) is 0. The van der Waals surface area contributed by atoms with Crippen molar-refractivity contribution in [2.75, 3.05) is 0 Å². The number of hydrogen-bond donors (Lipinski definition) is 0. The van der Waals surface area contributed by atoms with E-state index in [2.05, 4.69) is 0 Å². The Morgan fingerprint density at radius 2 is 0.400 bits per heavy atom. The summed E-state index contributed by atoms with van der Waals surface area (Å²) in [5.41, 5.74) is 0. The van der Waals surface area contributed by atoms with Gasteiger partial charge in [-0.3, -0.25) is 0 Å². The van der Waals surface area contributed by atoms with Crippen molar-refractivity contribution in [3.63, 3.8) is 0 Å². The Bertz CT molecular complexity index is 3.61. The van der Waals surface area contributed by atoms with E-state index in [1.807, 2.05) is 0 Å². The minimum atomic E-state index is 0. The third kappa shape index (κ3) is 399. The Morgan fingerprint density at radius 1 is 0.400 bits per heavy atom. The molecule has 39 valence electrons. The van der Waals surface area contributed by atoms with Gasteiger partial charge in [-0.1, -0.05) is 0 Å². The van der Waals surface area contributed by atoms with Crippen molar-refractivity contribution in [3.8, 4) is 0 Å². The van der Waals surface area contributed by atoms with Gasteiger partial charge in [0.1, 0.15) is 0 Å². The van der Waals surface area contributed by atoms with Gasteiger partial charge in [-0.15, -0.1) is 0 Å². The Kier molecular flexibility index (Phi) is 297000. The zero-order chi connectivity index (χ0) is 0. The third-order valence-corrected chi connectivity index (χ3v) is 0. The van der Waals surface area contributed by atoms with Crippen LogP contribution in [-0.4, -0.2) is 21.9 Å². The SMILES string of the molecule is [Am].[OH-].[OH-].[OH-].[OH-]. The van der Waals surface area contributed by atoms with Gasteiger partial charge in [0.2, 0.25) is 0 Å². The first-order valence-electron chi connectivity index (χ1n) is 0. The van der Waals surface area contributed by atoms with Crippen molar-refractivity contribution in [1.29, 1.82) is 0 Å². The summed E-state index contributed by atoms with van der Waals surface area (Å²) in [5.74, 6) is 0. The maximum atomic E-state index is 0. The van der Waals surface area contributed by atoms with Gasteiger partial charge >= 0.3 is 0 Å². The molecule has 0 saturated heterocycles. The van der Waals surface area contributed by atoms with E-state index in [1.165, 1.54) is 0 Å². The van der Waals surface area contributed by atoms with Crippen LogP contribution in [0.15, 0.2) is 0 Å². The Labute approximate surface area is 37.2 Å². The molecule has 0 aliphatic rings. The molecule has 0 bridgehead atoms. The van der Waals surface area contributed by atoms with Gasteiger partial charge in [-0.25, -0.2) is 0 Å². The Morgan fingerprint density at radius 3 is 0.400 bits per heavy atom. The van der Waals surface area contributed by atoms with Crippen LogP contribution in [0.25, 0.3) is 0 Å². The normalized spacial score (nSPS) is 0. The molecule has 5 heavy (non-hydrogen) atoms. The molecular formula is H4AmO4-4. The van der Waals surface area contributed by atoms with Crippen molar-refractivity contribution in [1.82, 2.24) is 0 Å². The second-order valence-electron chi connectivity index (χ2n) is 0. The van der Waals surface area contributed by atoms with Gasteiger partial charge in [-0.05, 0) is 0 Å². The molecule has 4 N–H and O–H groups in total. The van der Waals surface area contributed by atoms with Gasteiger partial charge in [0, 0.05) is 14.3 Å². The second-order valence-corrected chi connectivity index (χ2v) is 0. The Balaban J connectivity index is 0. The molecule has 0 aromatic rings. The van der Waals surface area contributed by atoms with Crippen molar-refractivity contribution in [3.05, 3.63) is 0 Å². The molecule has 1 radical (unpaired) electrons. The van der Waals surface area contributed by atoms with E-state index in [0.29, 0.717) is 0 Å². The van der Waals surface area contributed by atoms with E-state index in [4.69, 9.17) is 0 Å². The quantitative estimate of drug-likeness (QED) is 0.587. The minimum Gasteiger partial charge on any atom is -0.870 e. The number of rotatable bonds is 0. The average Bonchev–Trinajstić information content (AvgIpc) is 0. The average molecular weight is 311 g/mol. The van der Waals surface area contributed by atoms with Crippen LogP contribution < -0.4 is 0 Å². The van der Waals surface area contributed by atoms with Gasteiger partial charge < -0.3 is 21.9 Å². The minimum absolute atomic E-state index is 0. The van der Waals surface area contributed by atoms with Crippen LogP contribution in [0.5, 0.6) is 0 Å². The molecule has 0 spiro atoms.